The van der Waals surface area contributed by atoms with Crippen molar-refractivity contribution in [2.24, 2.45) is 5.92 Å². The molecule has 2 atom stereocenters. The van der Waals surface area contributed by atoms with Gasteiger partial charge in [0, 0.05) is 17.4 Å². The van der Waals surface area contributed by atoms with Crippen LogP contribution in [-0.4, -0.2) is 0 Å². The number of hydrogen-bond acceptors (Lipinski definition) is 0. The molecule has 0 aliphatic heterocycles. The predicted molar refractivity (Wildman–Crippen MR) is 54.9 cm³/mol. The van der Waals surface area contributed by atoms with E-state index in [1.54, 1.807) is 0 Å². The number of fused-ring (bicyclic) bond motifs is 1. The smallest absolute Gasteiger partial charge is 0 e. The molecular weight excluding hydrogens is 275 g/mol. The van der Waals surface area contributed by atoms with E-state index in [0.717, 1.165) is 12.0 Å². The van der Waals surface area contributed by atoms with Crippen LogP contribution in [0.2, 0.25) is 0 Å². The minimum Gasteiger partial charge on any atom is 0 e. The summed E-state index contributed by atoms with van der Waals surface area (Å²) in [5.74, 6) is 0.174. The maximum absolute atomic E-state index is 13.3. The van der Waals surface area contributed by atoms with Gasteiger partial charge in [0.15, 0.2) is 0 Å². The first-order chi connectivity index (χ1) is 8.29. The quantitative estimate of drug-likeness (QED) is 0.520. The molecule has 1 aromatic carbocycles. The second-order valence-corrected chi connectivity index (χ2v) is 3.28. The van der Waals surface area contributed by atoms with E-state index in [-0.39, 0.29) is 23.3 Å². The summed E-state index contributed by atoms with van der Waals surface area (Å²) in [5, 5.41) is 0. The number of hydrogen-bond donors (Lipinski definition) is 0. The molecule has 0 unspecified atom stereocenters. The van der Waals surface area contributed by atoms with Crippen molar-refractivity contribution in [1.29, 1.82) is 0 Å². The Labute approximate surface area is 117 Å². The Hall–Kier alpha value is -1.10. The Balaban J connectivity index is -0.000000285. The zero-order chi connectivity index (χ0) is 13.8. The topological polar surface area (TPSA) is 59.7 Å². The van der Waals surface area contributed by atoms with E-state index in [1.807, 2.05) is 31.2 Å². The zero-order valence-electron chi connectivity index (χ0n) is 9.68. The third-order valence-corrected chi connectivity index (χ3v) is 2.39. The van der Waals surface area contributed by atoms with Gasteiger partial charge in [0.05, 0.1) is 0 Å². The van der Waals surface area contributed by atoms with Crippen molar-refractivity contribution in [3.05, 3.63) is 55.3 Å². The Morgan fingerprint density at radius 3 is 1.94 bits per heavy atom. The zero-order valence-corrected chi connectivity index (χ0v) is 11.0. The number of halogens is 1. The molecule has 2 rings (SSSR count). The van der Waals surface area contributed by atoms with Gasteiger partial charge in [-0.3, -0.25) is 0 Å². The molecule has 5 heteroatoms. The number of benzene rings is 1. The SMILES string of the molecule is C[C@H]1Cc2ccccc2[C@@H]1F.[C-]#[O+].[C-]#[O+].[C-]#[O+].[Cr]. The largest absolute Gasteiger partial charge is 0 e. The van der Waals surface area contributed by atoms with Crippen LogP contribution in [0.4, 0.5) is 4.39 Å². The Bertz CT molecular complexity index is 373. The van der Waals surface area contributed by atoms with E-state index in [2.05, 4.69) is 20.0 Å². The van der Waals surface area contributed by atoms with Crippen LogP contribution in [0, 0.1) is 25.9 Å². The van der Waals surface area contributed by atoms with Crippen LogP contribution in [0.5, 0.6) is 0 Å². The molecule has 94 valence electrons. The molecule has 1 aliphatic carbocycles. The molecule has 0 aromatic heterocycles. The molecule has 0 spiro atoms. The maximum Gasteiger partial charge on any atom is 0 e. The van der Waals surface area contributed by atoms with E-state index in [1.165, 1.54) is 5.56 Å². The normalized spacial score (nSPS) is 17.8. The summed E-state index contributed by atoms with van der Waals surface area (Å²) >= 11 is 0. The van der Waals surface area contributed by atoms with Gasteiger partial charge in [-0.05, 0) is 23.5 Å². The minimum atomic E-state index is -0.730. The van der Waals surface area contributed by atoms with E-state index in [9.17, 15) is 4.39 Å². The molecule has 0 radical (unpaired) electrons. The summed E-state index contributed by atoms with van der Waals surface area (Å²) in [6.07, 6.45) is 0.170. The first-order valence-electron chi connectivity index (χ1n) is 4.62. The number of alkyl halides is 1. The summed E-state index contributed by atoms with van der Waals surface area (Å²) in [5.41, 5.74) is 2.09. The van der Waals surface area contributed by atoms with E-state index >= 15 is 0 Å². The molecular formula is C13H11CrFO3. The van der Waals surface area contributed by atoms with E-state index in [0.29, 0.717) is 0 Å². The van der Waals surface area contributed by atoms with Crippen LogP contribution in [0.25, 0.3) is 0 Å². The second kappa shape index (κ2) is 14.0. The van der Waals surface area contributed by atoms with Gasteiger partial charge in [-0.2, -0.15) is 0 Å². The summed E-state index contributed by atoms with van der Waals surface area (Å²) in [4.78, 5) is 0. The molecule has 3 nitrogen and oxygen atoms in total. The molecule has 1 aromatic rings. The molecule has 18 heavy (non-hydrogen) atoms. The van der Waals surface area contributed by atoms with E-state index in [4.69, 9.17) is 14.0 Å². The van der Waals surface area contributed by atoms with Gasteiger partial charge in [-0.25, -0.2) is 4.39 Å². The molecule has 0 bridgehead atoms. The average molecular weight is 286 g/mol. The van der Waals surface area contributed by atoms with Crippen LogP contribution in [0.15, 0.2) is 24.3 Å². The van der Waals surface area contributed by atoms with Gasteiger partial charge >= 0.3 is 33.9 Å². The fourth-order valence-electron chi connectivity index (χ4n) is 1.75. The molecule has 0 N–H and O–H groups in total. The van der Waals surface area contributed by atoms with E-state index < -0.39 is 6.17 Å². The average Bonchev–Trinajstić information content (AvgIpc) is 2.73. The fourth-order valence-corrected chi connectivity index (χ4v) is 1.75. The van der Waals surface area contributed by atoms with Crippen LogP contribution < -0.4 is 0 Å². The van der Waals surface area contributed by atoms with Crippen LogP contribution >= 0.6 is 0 Å². The van der Waals surface area contributed by atoms with Crippen LogP contribution in [-0.2, 0) is 37.7 Å². The monoisotopic (exact) mass is 286 g/mol. The summed E-state index contributed by atoms with van der Waals surface area (Å²) in [6, 6.07) is 7.79. The van der Waals surface area contributed by atoms with Gasteiger partial charge in [0.1, 0.15) is 6.17 Å². The summed E-state index contributed by atoms with van der Waals surface area (Å²) < 4.78 is 35.8. The second-order valence-electron chi connectivity index (χ2n) is 3.28. The fraction of sp³-hybridized carbons (Fsp3) is 0.308. The molecule has 0 heterocycles. The Morgan fingerprint density at radius 2 is 1.50 bits per heavy atom. The predicted octanol–water partition coefficient (Wildman–Crippen LogP) is 2.77. The van der Waals surface area contributed by atoms with Crippen molar-refractivity contribution in [2.45, 2.75) is 19.5 Å². The third kappa shape index (κ3) is 6.00. The van der Waals surface area contributed by atoms with Gasteiger partial charge in [0.25, 0.3) is 0 Å². The number of rotatable bonds is 0. The van der Waals surface area contributed by atoms with Crippen molar-refractivity contribution < 1.29 is 35.7 Å². The van der Waals surface area contributed by atoms with Gasteiger partial charge < -0.3 is 0 Å². The van der Waals surface area contributed by atoms with Crippen LogP contribution in [0.3, 0.4) is 0 Å². The van der Waals surface area contributed by atoms with Gasteiger partial charge in [0.2, 0.25) is 0 Å². The van der Waals surface area contributed by atoms with Crippen molar-refractivity contribution in [3.8, 4) is 0 Å². The molecule has 0 saturated carbocycles. The standard InChI is InChI=1S/C10H11F.3CO.Cr/c1-7-6-8-4-2-3-5-9(8)10(7)11;3*1-2;/h2-5,7,10H,6H2,1H3;;;;/t7-,10+;;;;/m0..../s1. The first kappa shape index (κ1) is 22.1. The first-order valence-corrected chi connectivity index (χ1v) is 4.62. The summed E-state index contributed by atoms with van der Waals surface area (Å²) in [7, 11) is 0. The molecule has 1 aliphatic rings. The minimum absolute atomic E-state index is 0. The molecule has 0 fully saturated rings. The summed E-state index contributed by atoms with van der Waals surface area (Å²) in [6.45, 7) is 15.5. The van der Waals surface area contributed by atoms with Crippen molar-refractivity contribution in [2.75, 3.05) is 0 Å². The van der Waals surface area contributed by atoms with Gasteiger partial charge in [-0.1, -0.05) is 31.2 Å². The Kier molecular flexibility index (Phi) is 17.2. The molecule has 0 amide bonds. The van der Waals surface area contributed by atoms with Crippen molar-refractivity contribution in [1.82, 2.24) is 0 Å². The van der Waals surface area contributed by atoms with Gasteiger partial charge in [-0.15, -0.1) is 0 Å². The molecule has 0 saturated heterocycles. The van der Waals surface area contributed by atoms with Crippen molar-refractivity contribution in [3.63, 3.8) is 0 Å². The maximum atomic E-state index is 13.3. The Morgan fingerprint density at radius 1 is 1.06 bits per heavy atom. The van der Waals surface area contributed by atoms with Crippen LogP contribution in [0.1, 0.15) is 24.2 Å². The third-order valence-electron chi connectivity index (χ3n) is 2.39. The van der Waals surface area contributed by atoms with Crippen molar-refractivity contribution >= 4 is 0 Å².